The Labute approximate surface area is 115 Å². The molecule has 0 fully saturated rings. The molecule has 0 amide bonds. The van der Waals surface area contributed by atoms with Gasteiger partial charge in [0.2, 0.25) is 0 Å². The predicted octanol–water partition coefficient (Wildman–Crippen LogP) is 5.38. The summed E-state index contributed by atoms with van der Waals surface area (Å²) in [6.45, 7) is 0. The molecule has 0 atom stereocenters. The highest BCUT2D eigenvalue weighted by Gasteiger charge is 1.98. The van der Waals surface area contributed by atoms with Crippen LogP contribution in [-0.2, 0) is 5.75 Å². The van der Waals surface area contributed by atoms with Gasteiger partial charge in [-0.2, -0.15) is 0 Å². The molecule has 18 heavy (non-hydrogen) atoms. The lowest BCUT2D eigenvalue weighted by Crippen LogP contribution is -1.84. The van der Waals surface area contributed by atoms with Gasteiger partial charge in [0, 0.05) is 10.8 Å². The van der Waals surface area contributed by atoms with Crippen molar-refractivity contribution in [1.82, 2.24) is 0 Å². The molecule has 0 aliphatic rings. The molecule has 0 bridgehead atoms. The molecule has 0 saturated carbocycles. The smallest absolute Gasteiger partial charge is 0.127 e. The van der Waals surface area contributed by atoms with Crippen LogP contribution in [0.4, 0.5) is 4.39 Å². The average Bonchev–Trinajstić information content (AvgIpc) is 2.39. The first-order chi connectivity index (χ1) is 8.75. The molecule has 0 N–H and O–H groups in total. The number of halogens is 2. The molecular formula is C15H12ClFS. The zero-order valence-corrected chi connectivity index (χ0v) is 11.2. The summed E-state index contributed by atoms with van der Waals surface area (Å²) >= 11 is 7.37. The van der Waals surface area contributed by atoms with Crippen molar-refractivity contribution in [3.8, 4) is 0 Å². The van der Waals surface area contributed by atoms with Crippen LogP contribution in [0.5, 0.6) is 0 Å². The van der Waals surface area contributed by atoms with Crippen LogP contribution in [0.3, 0.4) is 0 Å². The first kappa shape index (κ1) is 13.2. The normalized spacial score (nSPS) is 11.0. The molecule has 2 rings (SSSR count). The maximum atomic E-state index is 13.3. The van der Waals surface area contributed by atoms with E-state index in [4.69, 9.17) is 11.6 Å². The van der Waals surface area contributed by atoms with E-state index in [1.165, 1.54) is 6.07 Å². The van der Waals surface area contributed by atoms with E-state index in [-0.39, 0.29) is 5.82 Å². The Hall–Kier alpha value is -1.25. The van der Waals surface area contributed by atoms with Crippen molar-refractivity contribution in [3.05, 3.63) is 75.9 Å². The fourth-order valence-electron chi connectivity index (χ4n) is 1.45. The lowest BCUT2D eigenvalue weighted by atomic mass is 10.2. The van der Waals surface area contributed by atoms with E-state index < -0.39 is 0 Å². The van der Waals surface area contributed by atoms with Gasteiger partial charge in [0.25, 0.3) is 0 Å². The van der Waals surface area contributed by atoms with E-state index in [1.54, 1.807) is 23.9 Å². The molecule has 0 nitrogen and oxygen atoms in total. The minimum absolute atomic E-state index is 0.148. The summed E-state index contributed by atoms with van der Waals surface area (Å²) in [6, 6.07) is 14.4. The van der Waals surface area contributed by atoms with E-state index in [0.29, 0.717) is 5.75 Å². The first-order valence-corrected chi connectivity index (χ1v) is 6.95. The van der Waals surface area contributed by atoms with Gasteiger partial charge < -0.3 is 0 Å². The van der Waals surface area contributed by atoms with Crippen molar-refractivity contribution in [2.75, 3.05) is 0 Å². The quantitative estimate of drug-likeness (QED) is 0.723. The van der Waals surface area contributed by atoms with Crippen LogP contribution < -0.4 is 0 Å². The van der Waals surface area contributed by atoms with E-state index in [1.807, 2.05) is 41.8 Å². The van der Waals surface area contributed by atoms with Crippen LogP contribution >= 0.6 is 23.4 Å². The van der Waals surface area contributed by atoms with E-state index in [9.17, 15) is 4.39 Å². The molecule has 0 aliphatic heterocycles. The van der Waals surface area contributed by atoms with Gasteiger partial charge in [-0.05, 0) is 40.8 Å². The predicted molar refractivity (Wildman–Crippen MR) is 78.2 cm³/mol. The molecule has 2 aromatic carbocycles. The van der Waals surface area contributed by atoms with Gasteiger partial charge in [0.1, 0.15) is 5.82 Å². The van der Waals surface area contributed by atoms with Crippen molar-refractivity contribution in [3.63, 3.8) is 0 Å². The molecule has 0 radical (unpaired) electrons. The van der Waals surface area contributed by atoms with Crippen LogP contribution in [-0.4, -0.2) is 0 Å². The minimum Gasteiger partial charge on any atom is -0.207 e. The lowest BCUT2D eigenvalue weighted by Gasteiger charge is -1.99. The second kappa shape index (κ2) is 6.62. The molecule has 2 aromatic rings. The van der Waals surface area contributed by atoms with Crippen LogP contribution in [0.15, 0.2) is 53.9 Å². The topological polar surface area (TPSA) is 0 Å². The molecule has 92 valence electrons. The third-order valence-electron chi connectivity index (χ3n) is 2.42. The summed E-state index contributed by atoms with van der Waals surface area (Å²) in [6.07, 6.45) is 1.99. The van der Waals surface area contributed by atoms with Crippen molar-refractivity contribution in [2.24, 2.45) is 0 Å². The highest BCUT2D eigenvalue weighted by atomic mass is 35.5. The number of hydrogen-bond donors (Lipinski definition) is 0. The van der Waals surface area contributed by atoms with Gasteiger partial charge in [-0.1, -0.05) is 41.9 Å². The molecule has 0 unspecified atom stereocenters. The Bertz CT molecular complexity index is 534. The monoisotopic (exact) mass is 278 g/mol. The van der Waals surface area contributed by atoms with Crippen LogP contribution in [0.25, 0.3) is 6.08 Å². The SMILES string of the molecule is Fc1ccccc1CS/C=C\c1ccc(Cl)cc1. The summed E-state index contributed by atoms with van der Waals surface area (Å²) < 4.78 is 13.3. The minimum atomic E-state index is -0.148. The Morgan fingerprint density at radius 1 is 1.06 bits per heavy atom. The van der Waals surface area contributed by atoms with E-state index >= 15 is 0 Å². The first-order valence-electron chi connectivity index (χ1n) is 5.53. The van der Waals surface area contributed by atoms with Gasteiger partial charge >= 0.3 is 0 Å². The molecule has 0 aliphatic carbocycles. The Morgan fingerprint density at radius 3 is 2.50 bits per heavy atom. The molecule has 0 spiro atoms. The summed E-state index contributed by atoms with van der Waals surface area (Å²) in [5.41, 5.74) is 1.81. The third-order valence-corrected chi connectivity index (χ3v) is 3.48. The zero-order chi connectivity index (χ0) is 12.8. The van der Waals surface area contributed by atoms with Gasteiger partial charge in [0.15, 0.2) is 0 Å². The number of hydrogen-bond acceptors (Lipinski definition) is 1. The third kappa shape index (κ3) is 3.90. The van der Waals surface area contributed by atoms with Gasteiger partial charge in [0.05, 0.1) is 0 Å². The molecule has 3 heteroatoms. The number of rotatable bonds is 4. The maximum Gasteiger partial charge on any atom is 0.127 e. The maximum absolute atomic E-state index is 13.3. The van der Waals surface area contributed by atoms with Gasteiger partial charge in [-0.15, -0.1) is 11.8 Å². The van der Waals surface area contributed by atoms with E-state index in [0.717, 1.165) is 16.1 Å². The van der Waals surface area contributed by atoms with Crippen molar-refractivity contribution < 1.29 is 4.39 Å². The molecular weight excluding hydrogens is 267 g/mol. The number of thioether (sulfide) groups is 1. The van der Waals surface area contributed by atoms with Gasteiger partial charge in [-0.25, -0.2) is 4.39 Å². The second-order valence-electron chi connectivity index (χ2n) is 3.76. The number of benzene rings is 2. The Morgan fingerprint density at radius 2 is 1.78 bits per heavy atom. The van der Waals surface area contributed by atoms with Crippen molar-refractivity contribution in [1.29, 1.82) is 0 Å². The standard InChI is InChI=1S/C15H12ClFS/c16-14-7-5-12(6-8-14)9-10-18-11-13-3-1-2-4-15(13)17/h1-10H,11H2/b10-9-. The van der Waals surface area contributed by atoms with Crippen LogP contribution in [0.1, 0.15) is 11.1 Å². The van der Waals surface area contributed by atoms with Crippen molar-refractivity contribution >= 4 is 29.4 Å². The molecule has 0 aromatic heterocycles. The molecule has 0 saturated heterocycles. The van der Waals surface area contributed by atoms with Crippen LogP contribution in [0.2, 0.25) is 5.02 Å². The second-order valence-corrected chi connectivity index (χ2v) is 5.09. The molecule has 0 heterocycles. The highest BCUT2D eigenvalue weighted by molar-refractivity contribution is 8.01. The van der Waals surface area contributed by atoms with E-state index in [2.05, 4.69) is 0 Å². The fourth-order valence-corrected chi connectivity index (χ4v) is 2.34. The summed E-state index contributed by atoms with van der Waals surface area (Å²) in [4.78, 5) is 0. The summed E-state index contributed by atoms with van der Waals surface area (Å²) in [5, 5.41) is 2.70. The Balaban J connectivity index is 1.89. The summed E-state index contributed by atoms with van der Waals surface area (Å²) in [7, 11) is 0. The van der Waals surface area contributed by atoms with Gasteiger partial charge in [-0.3, -0.25) is 0 Å². The lowest BCUT2D eigenvalue weighted by molar-refractivity contribution is 0.617. The largest absolute Gasteiger partial charge is 0.207 e. The van der Waals surface area contributed by atoms with Crippen LogP contribution in [0, 0.1) is 5.82 Å². The Kier molecular flexibility index (Phi) is 4.85. The summed E-state index contributed by atoms with van der Waals surface area (Å²) in [5.74, 6) is 0.487. The highest BCUT2D eigenvalue weighted by Crippen LogP contribution is 2.18. The van der Waals surface area contributed by atoms with Crippen molar-refractivity contribution in [2.45, 2.75) is 5.75 Å². The average molecular weight is 279 g/mol. The zero-order valence-electron chi connectivity index (χ0n) is 9.64. The fraction of sp³-hybridized carbons (Fsp3) is 0.0667.